The Labute approximate surface area is 177 Å². The van der Waals surface area contributed by atoms with Gasteiger partial charge in [0, 0.05) is 0 Å². The third-order valence-corrected chi connectivity index (χ3v) is 5.31. The van der Waals surface area contributed by atoms with Gasteiger partial charge in [0.15, 0.2) is 0 Å². The Balaban J connectivity index is 1.17. The number of hydrogen-bond acceptors (Lipinski definition) is 4. The SMILES string of the molecule is c1cc(Cc2ccc(Cc3cccc(OCC4CO4)c3)cc2)cc(OCC2CO2)c1. The molecule has 2 heterocycles. The summed E-state index contributed by atoms with van der Waals surface area (Å²) in [6.45, 7) is 2.91. The molecule has 5 rings (SSSR count). The minimum atomic E-state index is 0.278. The van der Waals surface area contributed by atoms with Gasteiger partial charge in [-0.2, -0.15) is 0 Å². The molecule has 2 aliphatic heterocycles. The molecule has 2 fully saturated rings. The van der Waals surface area contributed by atoms with Crippen LogP contribution in [0.5, 0.6) is 11.5 Å². The van der Waals surface area contributed by atoms with Crippen LogP contribution in [0.2, 0.25) is 0 Å². The smallest absolute Gasteiger partial charge is 0.119 e. The molecular weight excluding hydrogens is 376 g/mol. The van der Waals surface area contributed by atoms with Crippen molar-refractivity contribution < 1.29 is 18.9 Å². The molecule has 4 heteroatoms. The first-order valence-electron chi connectivity index (χ1n) is 10.5. The molecule has 4 nitrogen and oxygen atoms in total. The van der Waals surface area contributed by atoms with Gasteiger partial charge in [-0.25, -0.2) is 0 Å². The van der Waals surface area contributed by atoms with E-state index in [1.165, 1.54) is 22.3 Å². The lowest BCUT2D eigenvalue weighted by molar-refractivity contribution is 0.263. The first-order chi connectivity index (χ1) is 14.8. The second-order valence-corrected chi connectivity index (χ2v) is 8.00. The van der Waals surface area contributed by atoms with Crippen molar-refractivity contribution in [1.82, 2.24) is 0 Å². The molecule has 30 heavy (non-hydrogen) atoms. The minimum Gasteiger partial charge on any atom is -0.491 e. The highest BCUT2D eigenvalue weighted by Gasteiger charge is 2.23. The van der Waals surface area contributed by atoms with Crippen molar-refractivity contribution >= 4 is 0 Å². The van der Waals surface area contributed by atoms with Crippen LogP contribution in [0.25, 0.3) is 0 Å². The predicted molar refractivity (Wildman–Crippen MR) is 115 cm³/mol. The summed E-state index contributed by atoms with van der Waals surface area (Å²) in [4.78, 5) is 0. The first-order valence-corrected chi connectivity index (χ1v) is 10.5. The first kappa shape index (κ1) is 19.2. The van der Waals surface area contributed by atoms with E-state index in [0.29, 0.717) is 13.2 Å². The summed E-state index contributed by atoms with van der Waals surface area (Å²) >= 11 is 0. The monoisotopic (exact) mass is 402 g/mol. The second kappa shape index (κ2) is 8.90. The molecule has 0 aromatic heterocycles. The maximum absolute atomic E-state index is 5.80. The third kappa shape index (κ3) is 5.62. The average Bonchev–Trinajstić information content (AvgIpc) is 3.68. The molecule has 0 spiro atoms. The summed E-state index contributed by atoms with van der Waals surface area (Å²) in [6.07, 6.45) is 2.34. The van der Waals surface area contributed by atoms with Gasteiger partial charge in [0.1, 0.15) is 36.9 Å². The largest absolute Gasteiger partial charge is 0.491 e. The highest BCUT2D eigenvalue weighted by molar-refractivity contribution is 5.36. The fourth-order valence-corrected chi connectivity index (χ4v) is 3.44. The lowest BCUT2D eigenvalue weighted by Crippen LogP contribution is -2.04. The number of ether oxygens (including phenoxy) is 4. The van der Waals surface area contributed by atoms with E-state index < -0.39 is 0 Å². The quantitative estimate of drug-likeness (QED) is 0.471. The molecule has 2 unspecified atom stereocenters. The third-order valence-electron chi connectivity index (χ3n) is 5.31. The van der Waals surface area contributed by atoms with Crippen LogP contribution in [-0.2, 0) is 22.3 Å². The zero-order chi connectivity index (χ0) is 20.2. The Hall–Kier alpha value is -2.82. The number of benzene rings is 3. The van der Waals surface area contributed by atoms with Crippen LogP contribution >= 0.6 is 0 Å². The highest BCUT2D eigenvalue weighted by atomic mass is 16.6. The summed E-state index contributed by atoms with van der Waals surface area (Å²) in [6, 6.07) is 25.5. The molecule has 3 aromatic rings. The van der Waals surface area contributed by atoms with Gasteiger partial charge in [-0.15, -0.1) is 0 Å². The maximum atomic E-state index is 5.80. The molecule has 0 aliphatic carbocycles. The van der Waals surface area contributed by atoms with Crippen LogP contribution in [0.15, 0.2) is 72.8 Å². The Kier molecular flexibility index (Phi) is 5.69. The Morgan fingerprint density at radius 2 is 1.03 bits per heavy atom. The summed E-state index contributed by atoms with van der Waals surface area (Å²) in [7, 11) is 0. The van der Waals surface area contributed by atoms with Crippen molar-refractivity contribution in [2.45, 2.75) is 25.0 Å². The average molecular weight is 402 g/mol. The van der Waals surface area contributed by atoms with Gasteiger partial charge in [0.05, 0.1) is 13.2 Å². The van der Waals surface area contributed by atoms with Gasteiger partial charge in [-0.05, 0) is 59.4 Å². The summed E-state index contributed by atoms with van der Waals surface area (Å²) < 4.78 is 22.0. The van der Waals surface area contributed by atoms with E-state index >= 15 is 0 Å². The Morgan fingerprint density at radius 3 is 1.43 bits per heavy atom. The molecule has 3 aromatic carbocycles. The number of hydrogen-bond donors (Lipinski definition) is 0. The predicted octanol–water partition coefficient (Wildman–Crippen LogP) is 4.42. The zero-order valence-corrected chi connectivity index (χ0v) is 17.0. The summed E-state index contributed by atoms with van der Waals surface area (Å²) in [5.74, 6) is 1.82. The Morgan fingerprint density at radius 1 is 0.600 bits per heavy atom. The lowest BCUT2D eigenvalue weighted by Gasteiger charge is -2.09. The van der Waals surface area contributed by atoms with Crippen LogP contribution in [0.3, 0.4) is 0 Å². The molecule has 0 N–H and O–H groups in total. The molecule has 154 valence electrons. The molecule has 0 radical (unpaired) electrons. The van der Waals surface area contributed by atoms with E-state index in [1.54, 1.807) is 0 Å². The van der Waals surface area contributed by atoms with E-state index in [-0.39, 0.29) is 12.2 Å². The van der Waals surface area contributed by atoms with Crippen molar-refractivity contribution in [3.8, 4) is 11.5 Å². The van der Waals surface area contributed by atoms with Crippen LogP contribution in [0.1, 0.15) is 22.3 Å². The second-order valence-electron chi connectivity index (χ2n) is 8.00. The van der Waals surface area contributed by atoms with Gasteiger partial charge in [0.25, 0.3) is 0 Å². The summed E-state index contributed by atoms with van der Waals surface area (Å²) in [5.41, 5.74) is 5.09. The van der Waals surface area contributed by atoms with E-state index in [4.69, 9.17) is 18.9 Å². The maximum Gasteiger partial charge on any atom is 0.119 e. The molecule has 2 saturated heterocycles. The van der Waals surface area contributed by atoms with Gasteiger partial charge >= 0.3 is 0 Å². The zero-order valence-electron chi connectivity index (χ0n) is 17.0. The van der Waals surface area contributed by atoms with Crippen LogP contribution in [0, 0.1) is 0 Å². The molecule has 0 amide bonds. The Bertz CT molecular complexity index is 894. The minimum absolute atomic E-state index is 0.278. The van der Waals surface area contributed by atoms with Crippen molar-refractivity contribution in [2.24, 2.45) is 0 Å². The van der Waals surface area contributed by atoms with Crippen molar-refractivity contribution in [1.29, 1.82) is 0 Å². The van der Waals surface area contributed by atoms with E-state index in [2.05, 4.69) is 60.7 Å². The van der Waals surface area contributed by atoms with E-state index in [1.807, 2.05) is 12.1 Å². The molecule has 2 atom stereocenters. The van der Waals surface area contributed by atoms with Crippen molar-refractivity contribution in [3.63, 3.8) is 0 Å². The highest BCUT2D eigenvalue weighted by Crippen LogP contribution is 2.21. The van der Waals surface area contributed by atoms with Crippen molar-refractivity contribution in [2.75, 3.05) is 26.4 Å². The normalized spacial score (nSPS) is 19.3. The van der Waals surface area contributed by atoms with Crippen LogP contribution < -0.4 is 9.47 Å². The van der Waals surface area contributed by atoms with E-state index in [9.17, 15) is 0 Å². The summed E-state index contributed by atoms with van der Waals surface area (Å²) in [5, 5.41) is 0. The van der Waals surface area contributed by atoms with Crippen LogP contribution in [0.4, 0.5) is 0 Å². The van der Waals surface area contributed by atoms with E-state index in [0.717, 1.165) is 37.6 Å². The standard InChI is InChI=1S/C26H26O4/c1-3-21(13-23(5-1)27-15-25-17-29-25)11-19-7-9-20(10-8-19)12-22-4-2-6-24(14-22)28-16-26-18-30-26/h1-10,13-14,25-26H,11-12,15-18H2. The van der Waals surface area contributed by atoms with Crippen molar-refractivity contribution in [3.05, 3.63) is 95.1 Å². The number of epoxide rings is 2. The van der Waals surface area contributed by atoms with Gasteiger partial charge in [0.2, 0.25) is 0 Å². The van der Waals surface area contributed by atoms with Gasteiger partial charge < -0.3 is 18.9 Å². The van der Waals surface area contributed by atoms with Crippen LogP contribution in [-0.4, -0.2) is 38.6 Å². The fourth-order valence-electron chi connectivity index (χ4n) is 3.44. The lowest BCUT2D eigenvalue weighted by atomic mass is 10.00. The molecular formula is C26H26O4. The molecule has 0 bridgehead atoms. The topological polar surface area (TPSA) is 43.5 Å². The molecule has 0 saturated carbocycles. The molecule has 2 aliphatic rings. The number of rotatable bonds is 10. The van der Waals surface area contributed by atoms with Gasteiger partial charge in [-0.1, -0.05) is 48.5 Å². The van der Waals surface area contributed by atoms with Gasteiger partial charge in [-0.3, -0.25) is 0 Å². The fraction of sp³-hybridized carbons (Fsp3) is 0.308.